The Bertz CT molecular complexity index is 1980. The summed E-state index contributed by atoms with van der Waals surface area (Å²) in [5.74, 6) is -3.89. The van der Waals surface area contributed by atoms with Gasteiger partial charge in [-0.3, -0.25) is 9.11 Å². The van der Waals surface area contributed by atoms with E-state index < -0.39 is 54.8 Å². The van der Waals surface area contributed by atoms with Crippen LogP contribution in [0.25, 0.3) is 11.5 Å². The molecule has 21 heteroatoms. The number of hydrogen-bond donors (Lipinski definition) is 4. The van der Waals surface area contributed by atoms with Gasteiger partial charge >= 0.3 is 21.1 Å². The molecule has 272 valence electrons. The Kier molecular flexibility index (Phi) is 16.8. The number of hydrogen-bond acceptors (Lipinski definition) is 14. The van der Waals surface area contributed by atoms with Gasteiger partial charge in [-0.15, -0.1) is 0 Å². The van der Waals surface area contributed by atoms with Crippen LogP contribution in [0.4, 0.5) is 22.7 Å². The molecular formula is C30H28N6O12PtS2. The van der Waals surface area contributed by atoms with Crippen LogP contribution in [-0.4, -0.2) is 61.2 Å². The monoisotopic (exact) mass is 923 g/mol. The molecule has 51 heavy (non-hydrogen) atoms. The molecule has 18 nitrogen and oxygen atoms in total. The largest absolute Gasteiger partial charge is 4.00 e. The van der Waals surface area contributed by atoms with E-state index >= 15 is 0 Å². The van der Waals surface area contributed by atoms with Gasteiger partial charge in [-0.05, 0) is 97.8 Å². The minimum Gasteiger partial charge on any atom is -0.679 e. The van der Waals surface area contributed by atoms with Gasteiger partial charge in [-0.2, -0.15) is 50.4 Å². The first-order valence-electron chi connectivity index (χ1n) is 13.7. The molecule has 0 spiro atoms. The van der Waals surface area contributed by atoms with Gasteiger partial charge in [-0.25, -0.2) is 0 Å². The van der Waals surface area contributed by atoms with Crippen LogP contribution in [0.5, 0.6) is 11.5 Å². The summed E-state index contributed by atoms with van der Waals surface area (Å²) >= 11 is 0. The van der Waals surface area contributed by atoms with Gasteiger partial charge < -0.3 is 41.5 Å². The van der Waals surface area contributed by atoms with Crippen LogP contribution < -0.4 is 10.2 Å². The number of aromatic hydroxyl groups is 2. The zero-order valence-corrected chi connectivity index (χ0v) is 30.2. The van der Waals surface area contributed by atoms with E-state index in [1.165, 1.54) is 50.2 Å². The van der Waals surface area contributed by atoms with Crippen molar-refractivity contribution in [2.45, 2.75) is 23.6 Å². The maximum atomic E-state index is 10.9. The minimum absolute atomic E-state index is 0. The van der Waals surface area contributed by atoms with E-state index in [9.17, 15) is 46.9 Å². The molecule has 4 rings (SSSR count). The first-order valence-corrected chi connectivity index (χ1v) is 16.5. The summed E-state index contributed by atoms with van der Waals surface area (Å²) in [5.41, 5.74) is 13.2. The van der Waals surface area contributed by atoms with Crippen molar-refractivity contribution in [2.24, 2.45) is 20.5 Å². The molecule has 4 aromatic rings. The number of carbonyl (C=O) groups excluding carboxylic acids is 2. The van der Waals surface area contributed by atoms with Gasteiger partial charge in [0, 0.05) is 11.1 Å². The van der Waals surface area contributed by atoms with Crippen molar-refractivity contribution in [3.05, 3.63) is 107 Å². The molecule has 0 amide bonds. The number of rotatable bonds is 9. The normalized spacial score (nSPS) is 11.2. The summed E-state index contributed by atoms with van der Waals surface area (Å²) in [6.07, 6.45) is 0. The van der Waals surface area contributed by atoms with Crippen molar-refractivity contribution < 1.29 is 77.0 Å². The summed E-state index contributed by atoms with van der Waals surface area (Å²) in [6, 6.07) is 14.9. The van der Waals surface area contributed by atoms with E-state index in [1.807, 2.05) is 0 Å². The maximum Gasteiger partial charge on any atom is 4.00 e. The molecule has 0 radical (unpaired) electrons. The van der Waals surface area contributed by atoms with Crippen molar-refractivity contribution >= 4 is 54.9 Å². The van der Waals surface area contributed by atoms with Crippen LogP contribution in [0, 0.1) is 13.8 Å². The van der Waals surface area contributed by atoms with Gasteiger partial charge in [-0.1, -0.05) is 0 Å². The van der Waals surface area contributed by atoms with Gasteiger partial charge in [0.1, 0.15) is 11.5 Å². The number of azo groups is 2. The first kappa shape index (κ1) is 44.1. The molecule has 0 aliphatic heterocycles. The number of phenols is 2. The molecule has 0 atom stereocenters. The number of aromatic carboxylic acids is 2. The molecule has 0 aromatic heterocycles. The Hall–Kier alpha value is -4.95. The molecular weight excluding hydrogens is 896 g/mol. The Morgan fingerprint density at radius 2 is 0.863 bits per heavy atom. The van der Waals surface area contributed by atoms with E-state index in [1.54, 1.807) is 0 Å². The molecule has 0 aliphatic rings. The standard InChI is InChI=1S/2C14H12N2O6S.C2H6N2.Pt/c2*1-8-6-10(7-12(13(8)17)14(18)19)16-15-9-2-4-11(5-3-9)23(20,21)22;3-1-2-4;/h2*2-7,17H,1H3,(H,18,19)(H,20,21,22);3-4H,1-2H2;/q;;-2;+4/p-2. The molecule has 6 N–H and O–H groups in total. The number of carboxylic acid groups (broad SMARTS) is 2. The smallest absolute Gasteiger partial charge is 0.679 e. The van der Waals surface area contributed by atoms with Crippen molar-refractivity contribution in [1.29, 1.82) is 0 Å². The Balaban J connectivity index is 0.000000453. The zero-order valence-electron chi connectivity index (χ0n) is 26.3. The second-order valence-electron chi connectivity index (χ2n) is 9.73. The second kappa shape index (κ2) is 19.4. The van der Waals surface area contributed by atoms with Crippen LogP contribution in [-0.2, 0) is 41.3 Å². The van der Waals surface area contributed by atoms with Crippen molar-refractivity contribution in [3.8, 4) is 11.5 Å². The number of nitrogens with one attached hydrogen (secondary N) is 2. The topological polar surface area (TPSA) is 326 Å². The summed E-state index contributed by atoms with van der Waals surface area (Å²) in [6.45, 7) is 3.48. The van der Waals surface area contributed by atoms with E-state index in [-0.39, 0.29) is 66.7 Å². The first-order chi connectivity index (χ1) is 23.3. The third-order valence-electron chi connectivity index (χ3n) is 5.97. The average molecular weight is 924 g/mol. The minimum atomic E-state index is -4.28. The summed E-state index contributed by atoms with van der Waals surface area (Å²) in [7, 11) is -8.57. The summed E-state index contributed by atoms with van der Waals surface area (Å²) < 4.78 is 61.4. The van der Waals surface area contributed by atoms with Gasteiger partial charge in [0.2, 0.25) is 0 Å². The SMILES string of the molecule is Cc1cc(N=Nc2ccc(S(=O)(=O)O)cc2)cc(C(=O)[O-])c1O.Cc1cc(N=Nc2ccc(S(=O)(=O)O)cc2)cc(C(=O)[O-])c1O.[NH-]CC[NH-].[Pt+4]. The van der Waals surface area contributed by atoms with Crippen molar-refractivity contribution in [1.82, 2.24) is 0 Å². The maximum absolute atomic E-state index is 10.9. The third-order valence-corrected chi connectivity index (χ3v) is 7.70. The Labute approximate surface area is 306 Å². The number of aryl methyl sites for hydroxylation is 2. The Morgan fingerprint density at radius 1 is 0.588 bits per heavy atom. The van der Waals surface area contributed by atoms with Crippen LogP contribution in [0.1, 0.15) is 31.8 Å². The third kappa shape index (κ3) is 13.7. The van der Waals surface area contributed by atoms with Crippen LogP contribution >= 0.6 is 0 Å². The number of benzene rings is 4. The number of carboxylic acids is 2. The summed E-state index contributed by atoms with van der Waals surface area (Å²) in [4.78, 5) is 21.3. The van der Waals surface area contributed by atoms with Gasteiger partial charge in [0.25, 0.3) is 20.2 Å². The molecule has 0 fully saturated rings. The van der Waals surface area contributed by atoms with Crippen LogP contribution in [0.2, 0.25) is 0 Å². The fraction of sp³-hybridized carbons (Fsp3) is 0.133. The average Bonchev–Trinajstić information content (AvgIpc) is 3.05. The second-order valence-corrected chi connectivity index (χ2v) is 12.6. The summed E-state index contributed by atoms with van der Waals surface area (Å²) in [5, 5.41) is 56.3. The fourth-order valence-electron chi connectivity index (χ4n) is 3.55. The fourth-order valence-corrected chi connectivity index (χ4v) is 4.51. The molecule has 0 heterocycles. The molecule has 0 aliphatic carbocycles. The zero-order chi connectivity index (χ0) is 37.8. The van der Waals surface area contributed by atoms with Gasteiger partial charge in [0.15, 0.2) is 0 Å². The van der Waals surface area contributed by atoms with E-state index in [0.717, 1.165) is 36.4 Å². The van der Waals surface area contributed by atoms with E-state index in [4.69, 9.17) is 20.6 Å². The van der Waals surface area contributed by atoms with Crippen LogP contribution in [0.15, 0.2) is 103 Å². The predicted molar refractivity (Wildman–Crippen MR) is 174 cm³/mol. The predicted octanol–water partition coefficient (Wildman–Crippen LogP) is 4.54. The molecule has 4 aromatic carbocycles. The van der Waals surface area contributed by atoms with Gasteiger partial charge in [0.05, 0.1) is 44.5 Å². The molecule has 0 saturated heterocycles. The number of carbonyl (C=O) groups is 2. The van der Waals surface area contributed by atoms with E-state index in [0.29, 0.717) is 11.1 Å². The molecule has 0 unspecified atom stereocenters. The van der Waals surface area contributed by atoms with Crippen molar-refractivity contribution in [3.63, 3.8) is 0 Å². The molecule has 0 bridgehead atoms. The molecule has 0 saturated carbocycles. The van der Waals surface area contributed by atoms with Crippen LogP contribution in [0.3, 0.4) is 0 Å². The number of nitrogens with zero attached hydrogens (tertiary/aromatic N) is 4. The van der Waals surface area contributed by atoms with Crippen molar-refractivity contribution in [2.75, 3.05) is 13.1 Å². The van der Waals surface area contributed by atoms with E-state index in [2.05, 4.69) is 20.5 Å². The quantitative estimate of drug-likeness (QED) is 0.133. The Morgan fingerprint density at radius 3 is 1.10 bits per heavy atom.